The Morgan fingerprint density at radius 1 is 1.50 bits per heavy atom. The van der Waals surface area contributed by atoms with Crippen LogP contribution in [-0.4, -0.2) is 23.4 Å². The number of nitrogens with one attached hydrogen (secondary N) is 1. The Morgan fingerprint density at radius 3 is 2.72 bits per heavy atom. The molecule has 0 fully saturated rings. The van der Waals surface area contributed by atoms with Crippen LogP contribution in [0.25, 0.3) is 0 Å². The quantitative estimate of drug-likeness (QED) is 0.662. The number of ether oxygens (including phenoxy) is 1. The van der Waals surface area contributed by atoms with Gasteiger partial charge < -0.3 is 10.1 Å². The number of carbonyl (C=O) groups is 1. The first-order chi connectivity index (χ1) is 8.30. The summed E-state index contributed by atoms with van der Waals surface area (Å²) < 4.78 is 4.96. The summed E-state index contributed by atoms with van der Waals surface area (Å²) in [6.45, 7) is 6.41. The second-order valence-corrected chi connectivity index (χ2v) is 6.88. The van der Waals surface area contributed by atoms with Crippen molar-refractivity contribution in [2.24, 2.45) is 0 Å². The third-order valence-electron chi connectivity index (χ3n) is 2.33. The van der Waals surface area contributed by atoms with Crippen LogP contribution in [0.15, 0.2) is 18.2 Å². The number of carbonyl (C=O) groups excluding carboxylic acids is 1. The Balaban J connectivity index is 2.34. The first kappa shape index (κ1) is 15.3. The van der Waals surface area contributed by atoms with Crippen LogP contribution in [0.2, 0.25) is 5.02 Å². The number of halogens is 2. The molecular weight excluding hydrogens is 318 g/mol. The molecule has 18 heavy (non-hydrogen) atoms. The molecule has 0 aliphatic carbocycles. The van der Waals surface area contributed by atoms with Crippen LogP contribution in [0.5, 0.6) is 5.75 Å². The Labute approximate surface area is 121 Å². The summed E-state index contributed by atoms with van der Waals surface area (Å²) in [5, 5.41) is 3.50. The molecule has 0 atom stereocenters. The Bertz CT molecular complexity index is 429. The van der Waals surface area contributed by atoms with Crippen molar-refractivity contribution in [1.82, 2.24) is 5.32 Å². The van der Waals surface area contributed by atoms with E-state index in [9.17, 15) is 4.79 Å². The molecule has 3 nitrogen and oxygen atoms in total. The fraction of sp³-hybridized carbons (Fsp3) is 0.462. The van der Waals surface area contributed by atoms with Crippen LogP contribution >= 0.6 is 27.5 Å². The van der Waals surface area contributed by atoms with Gasteiger partial charge in [-0.15, -0.1) is 0 Å². The van der Waals surface area contributed by atoms with Gasteiger partial charge in [0, 0.05) is 5.02 Å². The molecule has 0 bridgehead atoms. The Morgan fingerprint density at radius 2 is 2.17 bits per heavy atom. The highest BCUT2D eigenvalue weighted by Crippen LogP contribution is 2.20. The number of hydrogen-bond acceptors (Lipinski definition) is 2. The lowest BCUT2D eigenvalue weighted by Crippen LogP contribution is -2.39. The summed E-state index contributed by atoms with van der Waals surface area (Å²) in [4.78, 5) is 11.5. The maximum Gasteiger partial charge on any atom is 0.236 e. The van der Waals surface area contributed by atoms with Crippen molar-refractivity contribution in [2.75, 3.05) is 13.2 Å². The summed E-state index contributed by atoms with van der Waals surface area (Å²) in [6.07, 6.45) is 0. The smallest absolute Gasteiger partial charge is 0.236 e. The second kappa shape index (κ2) is 6.43. The van der Waals surface area contributed by atoms with Crippen molar-refractivity contribution in [1.29, 1.82) is 0 Å². The summed E-state index contributed by atoms with van der Waals surface area (Å²) in [6, 6.07) is 5.48. The minimum atomic E-state index is -0.552. The van der Waals surface area contributed by atoms with Gasteiger partial charge in [-0.25, -0.2) is 0 Å². The fourth-order valence-corrected chi connectivity index (χ4v) is 1.51. The highest BCUT2D eigenvalue weighted by atomic mass is 79.9. The van der Waals surface area contributed by atoms with Gasteiger partial charge in [-0.2, -0.15) is 0 Å². The summed E-state index contributed by atoms with van der Waals surface area (Å²) in [7, 11) is 0. The van der Waals surface area contributed by atoms with Crippen molar-refractivity contribution in [3.8, 4) is 5.75 Å². The zero-order valence-corrected chi connectivity index (χ0v) is 13.1. The molecule has 1 N–H and O–H groups in total. The van der Waals surface area contributed by atoms with Crippen LogP contribution in [0, 0.1) is 6.92 Å². The van der Waals surface area contributed by atoms with Crippen LogP contribution in [-0.2, 0) is 4.79 Å². The van der Waals surface area contributed by atoms with E-state index in [-0.39, 0.29) is 5.91 Å². The van der Waals surface area contributed by atoms with Gasteiger partial charge in [0.1, 0.15) is 12.4 Å². The summed E-state index contributed by atoms with van der Waals surface area (Å²) in [5.41, 5.74) is 0.972. The number of rotatable bonds is 5. The van der Waals surface area contributed by atoms with E-state index >= 15 is 0 Å². The zero-order chi connectivity index (χ0) is 13.8. The van der Waals surface area contributed by atoms with E-state index < -0.39 is 4.32 Å². The van der Waals surface area contributed by atoms with Crippen molar-refractivity contribution in [3.63, 3.8) is 0 Å². The highest BCUT2D eigenvalue weighted by Gasteiger charge is 2.22. The van der Waals surface area contributed by atoms with Gasteiger partial charge in [-0.05, 0) is 44.5 Å². The van der Waals surface area contributed by atoms with Crippen LogP contribution in [0.1, 0.15) is 19.4 Å². The molecule has 100 valence electrons. The maximum absolute atomic E-state index is 11.5. The topological polar surface area (TPSA) is 38.3 Å². The van der Waals surface area contributed by atoms with Crippen LogP contribution in [0.4, 0.5) is 0 Å². The molecule has 0 heterocycles. The average molecular weight is 335 g/mol. The molecule has 0 aliphatic heterocycles. The van der Waals surface area contributed by atoms with Gasteiger partial charge in [-0.3, -0.25) is 4.79 Å². The molecule has 0 spiro atoms. The molecular formula is C13H17BrClNO2. The zero-order valence-electron chi connectivity index (χ0n) is 10.7. The van der Waals surface area contributed by atoms with Gasteiger partial charge in [0.2, 0.25) is 5.91 Å². The number of hydrogen-bond donors (Lipinski definition) is 1. The third-order valence-corrected chi connectivity index (χ3v) is 3.11. The Kier molecular flexibility index (Phi) is 5.47. The summed E-state index contributed by atoms with van der Waals surface area (Å²) in [5.74, 6) is 0.697. The Hall–Kier alpha value is -0.740. The molecule has 0 saturated carbocycles. The van der Waals surface area contributed by atoms with Gasteiger partial charge in [-0.1, -0.05) is 27.5 Å². The standard InChI is InChI=1S/C13H17BrClNO2/c1-9-8-10(4-5-11(9)15)18-7-6-16-12(17)13(2,3)14/h4-5,8H,6-7H2,1-3H3,(H,16,17). The van der Waals surface area contributed by atoms with Crippen molar-refractivity contribution in [2.45, 2.75) is 25.1 Å². The minimum absolute atomic E-state index is 0.0570. The molecule has 1 aromatic rings. The third kappa shape index (κ3) is 4.86. The van der Waals surface area contributed by atoms with Crippen molar-refractivity contribution in [3.05, 3.63) is 28.8 Å². The summed E-state index contributed by atoms with van der Waals surface area (Å²) >= 11 is 9.21. The molecule has 0 radical (unpaired) electrons. The molecule has 1 rings (SSSR count). The maximum atomic E-state index is 11.5. The van der Waals surface area contributed by atoms with Gasteiger partial charge in [0.05, 0.1) is 10.9 Å². The predicted molar refractivity (Wildman–Crippen MR) is 77.7 cm³/mol. The molecule has 5 heteroatoms. The van der Waals surface area contributed by atoms with E-state index in [1.165, 1.54) is 0 Å². The fourth-order valence-electron chi connectivity index (χ4n) is 1.25. The van der Waals surface area contributed by atoms with E-state index in [0.29, 0.717) is 13.2 Å². The predicted octanol–water partition coefficient (Wildman–Crippen LogP) is 3.32. The largest absolute Gasteiger partial charge is 0.492 e. The van der Waals surface area contributed by atoms with Crippen molar-refractivity contribution < 1.29 is 9.53 Å². The first-order valence-corrected chi connectivity index (χ1v) is 6.84. The lowest BCUT2D eigenvalue weighted by molar-refractivity contribution is -0.122. The van der Waals surface area contributed by atoms with E-state index in [1.807, 2.05) is 19.1 Å². The van der Waals surface area contributed by atoms with Crippen LogP contribution < -0.4 is 10.1 Å². The molecule has 0 saturated heterocycles. The SMILES string of the molecule is Cc1cc(OCCNC(=O)C(C)(C)Br)ccc1Cl. The number of aryl methyl sites for hydroxylation is 1. The normalized spacial score (nSPS) is 11.2. The van der Waals surface area contributed by atoms with E-state index in [0.717, 1.165) is 16.3 Å². The lowest BCUT2D eigenvalue weighted by atomic mass is 10.2. The van der Waals surface area contributed by atoms with Gasteiger partial charge >= 0.3 is 0 Å². The van der Waals surface area contributed by atoms with Crippen molar-refractivity contribution >= 4 is 33.4 Å². The monoisotopic (exact) mass is 333 g/mol. The van der Waals surface area contributed by atoms with E-state index in [4.69, 9.17) is 16.3 Å². The molecule has 1 aromatic carbocycles. The average Bonchev–Trinajstić information content (AvgIpc) is 2.27. The molecule has 0 unspecified atom stereocenters. The van der Waals surface area contributed by atoms with E-state index in [2.05, 4.69) is 21.2 Å². The number of alkyl halides is 1. The second-order valence-electron chi connectivity index (χ2n) is 4.49. The molecule has 1 amide bonds. The van der Waals surface area contributed by atoms with Gasteiger partial charge in [0.15, 0.2) is 0 Å². The van der Waals surface area contributed by atoms with Gasteiger partial charge in [0.25, 0.3) is 0 Å². The number of benzene rings is 1. The van der Waals surface area contributed by atoms with Crippen LogP contribution in [0.3, 0.4) is 0 Å². The number of amides is 1. The minimum Gasteiger partial charge on any atom is -0.492 e. The molecule has 0 aromatic heterocycles. The first-order valence-electron chi connectivity index (χ1n) is 5.67. The highest BCUT2D eigenvalue weighted by molar-refractivity contribution is 9.10. The molecule has 0 aliphatic rings. The van der Waals surface area contributed by atoms with E-state index in [1.54, 1.807) is 19.9 Å². The lowest BCUT2D eigenvalue weighted by Gasteiger charge is -2.16.